The van der Waals surface area contributed by atoms with E-state index in [9.17, 15) is 0 Å². The van der Waals surface area contributed by atoms with Gasteiger partial charge in [-0.3, -0.25) is 10.0 Å². The van der Waals surface area contributed by atoms with E-state index in [2.05, 4.69) is 10.2 Å². The Bertz CT molecular complexity index is 740. The van der Waals surface area contributed by atoms with E-state index in [0.717, 1.165) is 11.1 Å². The van der Waals surface area contributed by atoms with Gasteiger partial charge in [0, 0.05) is 35.3 Å². The van der Waals surface area contributed by atoms with E-state index in [0.29, 0.717) is 33.2 Å². The summed E-state index contributed by atoms with van der Waals surface area (Å²) in [6.45, 7) is 1.37. The van der Waals surface area contributed by atoms with Crippen LogP contribution in [0.1, 0.15) is 11.1 Å². The summed E-state index contributed by atoms with van der Waals surface area (Å²) in [5.41, 5.74) is 1.62. The fourth-order valence-electron chi connectivity index (χ4n) is 1.94. The molecule has 0 unspecified atom stereocenters. The van der Waals surface area contributed by atoms with Crippen molar-refractivity contribution in [1.82, 2.24) is 10.0 Å². The van der Waals surface area contributed by atoms with Gasteiger partial charge in [0.2, 0.25) is 0 Å². The van der Waals surface area contributed by atoms with Gasteiger partial charge in [-0.25, -0.2) is 0 Å². The zero-order valence-corrected chi connectivity index (χ0v) is 17.4. The summed E-state index contributed by atoms with van der Waals surface area (Å²) in [7, 11) is 3.77. The Kier molecular flexibility index (Phi) is 8.04. The van der Waals surface area contributed by atoms with Crippen molar-refractivity contribution in [2.24, 2.45) is 10.2 Å². The first-order chi connectivity index (χ1) is 12.3. The van der Waals surface area contributed by atoms with E-state index >= 15 is 0 Å². The summed E-state index contributed by atoms with van der Waals surface area (Å²) >= 11 is 24.0. The maximum Gasteiger partial charge on any atom is 0.0557 e. The summed E-state index contributed by atoms with van der Waals surface area (Å²) in [5.74, 6) is 0. The number of halogens is 4. The van der Waals surface area contributed by atoms with Gasteiger partial charge in [0.15, 0.2) is 0 Å². The van der Waals surface area contributed by atoms with Crippen molar-refractivity contribution >= 4 is 58.8 Å². The standard InChI is InChI=1S/C18H18Cl4N4/c1-25(23-11-13-3-5-15(19)9-17(13)21)7-8-26(2)24-12-14-4-6-16(20)10-18(14)22/h3-6,9-12H,7-8H2,1-2H3. The molecule has 0 heterocycles. The highest BCUT2D eigenvalue weighted by molar-refractivity contribution is 6.36. The molecule has 0 spiro atoms. The highest BCUT2D eigenvalue weighted by Gasteiger charge is 2.01. The SMILES string of the molecule is CN(CCN(C)N=Cc1ccc(Cl)cc1Cl)N=Cc1ccc(Cl)cc1Cl. The van der Waals surface area contributed by atoms with Crippen molar-refractivity contribution < 1.29 is 0 Å². The van der Waals surface area contributed by atoms with E-state index in [-0.39, 0.29) is 0 Å². The third-order valence-corrected chi connectivity index (χ3v) is 4.58. The minimum atomic E-state index is 0.566. The lowest BCUT2D eigenvalue weighted by molar-refractivity contribution is 0.272. The van der Waals surface area contributed by atoms with Crippen LogP contribution in [0.15, 0.2) is 46.6 Å². The predicted molar refractivity (Wildman–Crippen MR) is 113 cm³/mol. The fourth-order valence-corrected chi connectivity index (χ4v) is 2.85. The number of benzene rings is 2. The van der Waals surface area contributed by atoms with Gasteiger partial charge in [-0.05, 0) is 24.3 Å². The summed E-state index contributed by atoms with van der Waals surface area (Å²) < 4.78 is 0. The molecule has 138 valence electrons. The molecule has 26 heavy (non-hydrogen) atoms. The quantitative estimate of drug-likeness (QED) is 0.426. The monoisotopic (exact) mass is 430 g/mol. The largest absolute Gasteiger partial charge is 0.298 e. The Hall–Kier alpha value is -1.46. The van der Waals surface area contributed by atoms with Gasteiger partial charge >= 0.3 is 0 Å². The first kappa shape index (κ1) is 20.8. The van der Waals surface area contributed by atoms with E-state index in [4.69, 9.17) is 46.4 Å². The smallest absolute Gasteiger partial charge is 0.0557 e. The van der Waals surface area contributed by atoms with Gasteiger partial charge in [-0.15, -0.1) is 0 Å². The molecule has 0 atom stereocenters. The van der Waals surface area contributed by atoms with Crippen LogP contribution >= 0.6 is 46.4 Å². The summed E-state index contributed by atoms with van der Waals surface area (Å²) in [6.07, 6.45) is 3.41. The van der Waals surface area contributed by atoms with Crippen LogP contribution in [0.3, 0.4) is 0 Å². The van der Waals surface area contributed by atoms with Crippen molar-refractivity contribution in [1.29, 1.82) is 0 Å². The normalized spacial score (nSPS) is 11.5. The highest BCUT2D eigenvalue weighted by Crippen LogP contribution is 2.20. The molecule has 0 amide bonds. The molecule has 2 rings (SSSR count). The summed E-state index contributed by atoms with van der Waals surface area (Å²) in [6, 6.07) is 10.6. The molecule has 0 fully saturated rings. The zero-order chi connectivity index (χ0) is 19.1. The average Bonchev–Trinajstić information content (AvgIpc) is 2.58. The Morgan fingerprint density at radius 1 is 0.731 bits per heavy atom. The first-order valence-corrected chi connectivity index (χ1v) is 9.26. The highest BCUT2D eigenvalue weighted by atomic mass is 35.5. The van der Waals surface area contributed by atoms with Gasteiger partial charge in [0.05, 0.1) is 35.6 Å². The molecule has 2 aromatic rings. The van der Waals surface area contributed by atoms with E-state index in [1.54, 1.807) is 36.7 Å². The van der Waals surface area contributed by atoms with E-state index in [1.807, 2.05) is 36.2 Å². The molecule has 0 aliphatic carbocycles. The number of hydrogen-bond acceptors (Lipinski definition) is 4. The third kappa shape index (κ3) is 6.69. The average molecular weight is 432 g/mol. The molecule has 0 N–H and O–H groups in total. The molecule has 0 saturated carbocycles. The van der Waals surface area contributed by atoms with Crippen LogP contribution in [0.4, 0.5) is 0 Å². The lowest BCUT2D eigenvalue weighted by atomic mass is 10.2. The van der Waals surface area contributed by atoms with Gasteiger partial charge in [-0.2, -0.15) is 10.2 Å². The van der Waals surface area contributed by atoms with Crippen LogP contribution in [0.5, 0.6) is 0 Å². The molecule has 0 radical (unpaired) electrons. The second kappa shape index (κ2) is 10.0. The Morgan fingerprint density at radius 2 is 1.12 bits per heavy atom. The minimum Gasteiger partial charge on any atom is -0.298 e. The topological polar surface area (TPSA) is 31.2 Å². The molecule has 8 heteroatoms. The lowest BCUT2D eigenvalue weighted by Crippen LogP contribution is -2.25. The Morgan fingerprint density at radius 3 is 1.46 bits per heavy atom. The van der Waals surface area contributed by atoms with Crippen molar-refractivity contribution in [3.8, 4) is 0 Å². The zero-order valence-electron chi connectivity index (χ0n) is 14.3. The summed E-state index contributed by atoms with van der Waals surface area (Å²) in [4.78, 5) is 0. The molecule has 0 aliphatic rings. The van der Waals surface area contributed by atoms with Crippen LogP contribution < -0.4 is 0 Å². The maximum absolute atomic E-state index is 6.12. The van der Waals surface area contributed by atoms with Crippen LogP contribution in [-0.2, 0) is 0 Å². The van der Waals surface area contributed by atoms with Crippen molar-refractivity contribution in [2.45, 2.75) is 0 Å². The molecule has 0 aromatic heterocycles. The van der Waals surface area contributed by atoms with Gasteiger partial charge in [-0.1, -0.05) is 58.5 Å². The number of hydrazone groups is 2. The lowest BCUT2D eigenvalue weighted by Gasteiger charge is -2.17. The second-order valence-corrected chi connectivity index (χ2v) is 7.27. The van der Waals surface area contributed by atoms with Gasteiger partial charge in [0.1, 0.15) is 0 Å². The number of hydrogen-bond donors (Lipinski definition) is 0. The van der Waals surface area contributed by atoms with Crippen LogP contribution in [0, 0.1) is 0 Å². The molecule has 4 nitrogen and oxygen atoms in total. The van der Waals surface area contributed by atoms with Crippen molar-refractivity contribution in [2.75, 3.05) is 27.2 Å². The van der Waals surface area contributed by atoms with Gasteiger partial charge in [0.25, 0.3) is 0 Å². The third-order valence-electron chi connectivity index (χ3n) is 3.46. The number of rotatable bonds is 7. The predicted octanol–water partition coefficient (Wildman–Crippen LogP) is 5.53. The van der Waals surface area contributed by atoms with E-state index in [1.165, 1.54) is 0 Å². The number of nitrogens with zero attached hydrogens (tertiary/aromatic N) is 4. The van der Waals surface area contributed by atoms with Crippen LogP contribution in [0.2, 0.25) is 20.1 Å². The maximum atomic E-state index is 6.12. The van der Waals surface area contributed by atoms with Crippen molar-refractivity contribution in [3.63, 3.8) is 0 Å². The molecule has 0 aliphatic heterocycles. The second-order valence-electron chi connectivity index (χ2n) is 5.58. The molecule has 0 bridgehead atoms. The summed E-state index contributed by atoms with van der Waals surface area (Å²) in [5, 5.41) is 14.7. The van der Waals surface area contributed by atoms with Crippen molar-refractivity contribution in [3.05, 3.63) is 67.6 Å². The van der Waals surface area contributed by atoms with Gasteiger partial charge < -0.3 is 0 Å². The Balaban J connectivity index is 1.85. The number of likely N-dealkylation sites (N-methyl/N-ethyl adjacent to an activating group) is 2. The first-order valence-electron chi connectivity index (χ1n) is 7.75. The van der Waals surface area contributed by atoms with Crippen LogP contribution in [0.25, 0.3) is 0 Å². The molecular formula is C18H18Cl4N4. The molecular weight excluding hydrogens is 414 g/mol. The minimum absolute atomic E-state index is 0.566. The molecule has 0 saturated heterocycles. The van der Waals surface area contributed by atoms with E-state index < -0.39 is 0 Å². The van der Waals surface area contributed by atoms with Crippen LogP contribution in [-0.4, -0.2) is 49.6 Å². The molecule has 2 aromatic carbocycles. The Labute approximate surface area is 173 Å². The fraction of sp³-hybridized carbons (Fsp3) is 0.222.